The molecule has 2 nitrogen and oxygen atoms in total. The Kier molecular flexibility index (Phi) is 3.21. The summed E-state index contributed by atoms with van der Waals surface area (Å²) in [5.74, 6) is -0.688. The number of carboxylic acid groups (broad SMARTS) is 1. The van der Waals surface area contributed by atoms with Crippen molar-refractivity contribution in [1.82, 2.24) is 0 Å². The minimum absolute atomic E-state index is 0.226. The molecule has 0 aliphatic heterocycles. The van der Waals surface area contributed by atoms with E-state index < -0.39 is 5.97 Å². The van der Waals surface area contributed by atoms with Gasteiger partial charge in [0.15, 0.2) is 0 Å². The third kappa shape index (κ3) is 2.48. The van der Waals surface area contributed by atoms with Crippen molar-refractivity contribution in [1.29, 1.82) is 0 Å². The van der Waals surface area contributed by atoms with Crippen LogP contribution in [0.1, 0.15) is 17.7 Å². The molecule has 0 fully saturated rings. The number of carboxylic acids is 1. The van der Waals surface area contributed by atoms with Crippen molar-refractivity contribution in [3.05, 3.63) is 34.5 Å². The zero-order chi connectivity index (χ0) is 10.7. The van der Waals surface area contributed by atoms with E-state index in [1.165, 1.54) is 4.88 Å². The van der Waals surface area contributed by atoms with Crippen LogP contribution >= 0.6 is 11.3 Å². The summed E-state index contributed by atoms with van der Waals surface area (Å²) >= 11 is 1.64. The van der Waals surface area contributed by atoms with Crippen LogP contribution in [0.2, 0.25) is 0 Å². The van der Waals surface area contributed by atoms with Crippen LogP contribution in [0, 0.1) is 11.8 Å². The fraction of sp³-hybridized carbons (Fsp3) is 0.417. The standard InChI is InChI=1S/C12H14O2S/c13-12(14)11(9-4-1-2-5-9)8-10-6-3-7-15-10/h1,3-4,6-7,9,11H,2,5,8H2,(H,13,14). The zero-order valence-corrected chi connectivity index (χ0v) is 9.24. The molecule has 0 radical (unpaired) electrons. The number of thiophene rings is 1. The summed E-state index contributed by atoms with van der Waals surface area (Å²) < 4.78 is 0. The normalized spacial score (nSPS) is 21.7. The molecule has 1 aliphatic carbocycles. The highest BCUT2D eigenvalue weighted by molar-refractivity contribution is 7.09. The van der Waals surface area contributed by atoms with Crippen LogP contribution in [0.15, 0.2) is 29.7 Å². The molecule has 2 atom stereocenters. The van der Waals surface area contributed by atoms with Gasteiger partial charge in [0.05, 0.1) is 5.92 Å². The minimum atomic E-state index is -0.667. The molecule has 15 heavy (non-hydrogen) atoms. The van der Waals surface area contributed by atoms with E-state index in [0.29, 0.717) is 6.42 Å². The first-order valence-electron chi connectivity index (χ1n) is 5.19. The minimum Gasteiger partial charge on any atom is -0.481 e. The smallest absolute Gasteiger partial charge is 0.307 e. The molecule has 0 saturated carbocycles. The van der Waals surface area contributed by atoms with Gasteiger partial charge in [0.25, 0.3) is 0 Å². The maximum atomic E-state index is 11.2. The molecule has 2 unspecified atom stereocenters. The van der Waals surface area contributed by atoms with Crippen molar-refractivity contribution in [3.63, 3.8) is 0 Å². The van der Waals surface area contributed by atoms with Crippen LogP contribution < -0.4 is 0 Å². The topological polar surface area (TPSA) is 37.3 Å². The van der Waals surface area contributed by atoms with Crippen LogP contribution in [-0.2, 0) is 11.2 Å². The first kappa shape index (κ1) is 10.4. The molecular weight excluding hydrogens is 208 g/mol. The summed E-state index contributed by atoms with van der Waals surface area (Å²) in [6, 6.07) is 3.99. The van der Waals surface area contributed by atoms with Gasteiger partial charge in [-0.2, -0.15) is 0 Å². The van der Waals surface area contributed by atoms with Gasteiger partial charge >= 0.3 is 5.97 Å². The molecule has 1 heterocycles. The second-order valence-electron chi connectivity index (χ2n) is 3.90. The van der Waals surface area contributed by atoms with E-state index in [4.69, 9.17) is 0 Å². The molecule has 1 aliphatic rings. The molecule has 1 aromatic heterocycles. The number of hydrogen-bond acceptors (Lipinski definition) is 2. The predicted octanol–water partition coefficient (Wildman–Crippen LogP) is 2.96. The molecule has 80 valence electrons. The largest absolute Gasteiger partial charge is 0.481 e. The Morgan fingerprint density at radius 2 is 2.53 bits per heavy atom. The lowest BCUT2D eigenvalue weighted by atomic mass is 9.88. The third-order valence-electron chi connectivity index (χ3n) is 2.89. The third-order valence-corrected chi connectivity index (χ3v) is 3.78. The lowest BCUT2D eigenvalue weighted by Crippen LogP contribution is -2.23. The Bertz CT molecular complexity index is 354. The summed E-state index contributed by atoms with van der Waals surface area (Å²) in [6.07, 6.45) is 6.84. The van der Waals surface area contributed by atoms with E-state index in [2.05, 4.69) is 12.2 Å². The predicted molar refractivity (Wildman–Crippen MR) is 61.0 cm³/mol. The van der Waals surface area contributed by atoms with E-state index in [1.54, 1.807) is 11.3 Å². The molecule has 0 spiro atoms. The van der Waals surface area contributed by atoms with Crippen LogP contribution in [0.4, 0.5) is 0 Å². The number of allylic oxidation sites excluding steroid dienone is 2. The molecular formula is C12H14O2S. The van der Waals surface area contributed by atoms with Crippen molar-refractivity contribution in [2.75, 3.05) is 0 Å². The highest BCUT2D eigenvalue weighted by Gasteiger charge is 2.28. The van der Waals surface area contributed by atoms with Crippen molar-refractivity contribution >= 4 is 17.3 Å². The Labute approximate surface area is 93.3 Å². The van der Waals surface area contributed by atoms with E-state index >= 15 is 0 Å². The van der Waals surface area contributed by atoms with Gasteiger partial charge in [-0.3, -0.25) is 4.79 Å². The molecule has 1 aromatic rings. The number of aliphatic carboxylic acids is 1. The summed E-state index contributed by atoms with van der Waals surface area (Å²) in [4.78, 5) is 12.4. The Hall–Kier alpha value is -1.09. The average molecular weight is 222 g/mol. The quantitative estimate of drug-likeness (QED) is 0.795. The van der Waals surface area contributed by atoms with Gasteiger partial charge in [0, 0.05) is 4.88 Å². The van der Waals surface area contributed by atoms with E-state index in [9.17, 15) is 9.90 Å². The van der Waals surface area contributed by atoms with Gasteiger partial charge in [-0.1, -0.05) is 18.2 Å². The van der Waals surface area contributed by atoms with Crippen molar-refractivity contribution in [2.45, 2.75) is 19.3 Å². The Morgan fingerprint density at radius 1 is 1.67 bits per heavy atom. The van der Waals surface area contributed by atoms with E-state index in [-0.39, 0.29) is 11.8 Å². The summed E-state index contributed by atoms with van der Waals surface area (Å²) in [5.41, 5.74) is 0. The first-order chi connectivity index (χ1) is 7.27. The van der Waals surface area contributed by atoms with Gasteiger partial charge in [0.1, 0.15) is 0 Å². The van der Waals surface area contributed by atoms with Crippen molar-refractivity contribution < 1.29 is 9.90 Å². The molecule has 0 amide bonds. The highest BCUT2D eigenvalue weighted by Crippen LogP contribution is 2.29. The second-order valence-corrected chi connectivity index (χ2v) is 4.93. The average Bonchev–Trinajstić information content (AvgIpc) is 2.87. The van der Waals surface area contributed by atoms with Crippen LogP contribution in [0.25, 0.3) is 0 Å². The molecule has 2 rings (SSSR count). The van der Waals surface area contributed by atoms with Crippen molar-refractivity contribution in [2.24, 2.45) is 11.8 Å². The maximum Gasteiger partial charge on any atom is 0.307 e. The fourth-order valence-electron chi connectivity index (χ4n) is 2.06. The molecule has 3 heteroatoms. The van der Waals surface area contributed by atoms with E-state index in [0.717, 1.165) is 12.8 Å². The second kappa shape index (κ2) is 4.62. The summed E-state index contributed by atoms with van der Waals surface area (Å²) in [5, 5.41) is 11.2. The lowest BCUT2D eigenvalue weighted by Gasteiger charge is -2.16. The van der Waals surface area contributed by atoms with Gasteiger partial charge in [-0.25, -0.2) is 0 Å². The lowest BCUT2D eigenvalue weighted by molar-refractivity contribution is -0.143. The number of rotatable bonds is 4. The van der Waals surface area contributed by atoms with Crippen molar-refractivity contribution in [3.8, 4) is 0 Å². The van der Waals surface area contributed by atoms with Gasteiger partial charge in [-0.05, 0) is 36.6 Å². The number of carbonyl (C=O) groups is 1. The number of hydrogen-bond donors (Lipinski definition) is 1. The van der Waals surface area contributed by atoms with Crippen LogP contribution in [0.5, 0.6) is 0 Å². The van der Waals surface area contributed by atoms with Gasteiger partial charge in [0.2, 0.25) is 0 Å². The summed E-state index contributed by atoms with van der Waals surface area (Å²) in [6.45, 7) is 0. The highest BCUT2D eigenvalue weighted by atomic mass is 32.1. The Morgan fingerprint density at radius 3 is 3.07 bits per heavy atom. The van der Waals surface area contributed by atoms with E-state index in [1.807, 2.05) is 17.5 Å². The Balaban J connectivity index is 2.06. The maximum absolute atomic E-state index is 11.2. The monoisotopic (exact) mass is 222 g/mol. The fourth-order valence-corrected chi connectivity index (χ4v) is 2.82. The summed E-state index contributed by atoms with van der Waals surface area (Å²) in [7, 11) is 0. The van der Waals surface area contributed by atoms with Crippen LogP contribution in [0.3, 0.4) is 0 Å². The first-order valence-corrected chi connectivity index (χ1v) is 6.07. The van der Waals surface area contributed by atoms with Crippen LogP contribution in [-0.4, -0.2) is 11.1 Å². The molecule has 0 bridgehead atoms. The molecule has 0 saturated heterocycles. The van der Waals surface area contributed by atoms with Gasteiger partial charge in [-0.15, -0.1) is 11.3 Å². The molecule has 0 aromatic carbocycles. The van der Waals surface area contributed by atoms with Gasteiger partial charge < -0.3 is 5.11 Å². The SMILES string of the molecule is O=C(O)C(Cc1cccs1)C1C=CCC1. The zero-order valence-electron chi connectivity index (χ0n) is 8.43. The molecule has 1 N–H and O–H groups in total.